The van der Waals surface area contributed by atoms with Gasteiger partial charge in [0.25, 0.3) is 0 Å². The van der Waals surface area contributed by atoms with Gasteiger partial charge in [-0.2, -0.15) is 5.26 Å². The molecule has 0 aromatic heterocycles. The van der Waals surface area contributed by atoms with E-state index in [1.807, 2.05) is 24.3 Å². The van der Waals surface area contributed by atoms with Gasteiger partial charge < -0.3 is 4.79 Å². The van der Waals surface area contributed by atoms with E-state index in [1.54, 1.807) is 0 Å². The minimum atomic E-state index is 0.426. The zero-order valence-corrected chi connectivity index (χ0v) is 8.94. The summed E-state index contributed by atoms with van der Waals surface area (Å²) >= 11 is 0. The number of carbonyl (C=O) groups is 1. The van der Waals surface area contributed by atoms with Gasteiger partial charge in [0.15, 0.2) is 0 Å². The summed E-state index contributed by atoms with van der Waals surface area (Å²) in [5, 5.41) is 8.64. The molecule has 1 rings (SSSR count). The second-order valence-electron chi connectivity index (χ2n) is 3.69. The van der Waals surface area contributed by atoms with Gasteiger partial charge in [-0.25, -0.2) is 0 Å². The molecule has 1 atom stereocenters. The van der Waals surface area contributed by atoms with Crippen LogP contribution in [0.3, 0.4) is 0 Å². The van der Waals surface area contributed by atoms with Gasteiger partial charge in [-0.3, -0.25) is 0 Å². The maximum Gasteiger partial charge on any atom is 0.120 e. The summed E-state index contributed by atoms with van der Waals surface area (Å²) in [5.41, 5.74) is 1.88. The highest BCUT2D eigenvalue weighted by atomic mass is 16.1. The Labute approximate surface area is 90.5 Å². The molecule has 0 bridgehead atoms. The summed E-state index contributed by atoms with van der Waals surface area (Å²) in [6.07, 6.45) is 3.54. The van der Waals surface area contributed by atoms with Gasteiger partial charge in [0, 0.05) is 6.42 Å². The zero-order valence-electron chi connectivity index (χ0n) is 8.94. The van der Waals surface area contributed by atoms with Crippen molar-refractivity contribution in [3.8, 4) is 6.07 Å². The Kier molecular flexibility index (Phi) is 4.56. The number of hydrogen-bond donors (Lipinski definition) is 0. The number of nitriles is 1. The van der Waals surface area contributed by atoms with E-state index in [9.17, 15) is 4.79 Å². The average molecular weight is 201 g/mol. The average Bonchev–Trinajstić information content (AvgIpc) is 2.29. The van der Waals surface area contributed by atoms with Gasteiger partial charge in [-0.05, 0) is 30.0 Å². The quantitative estimate of drug-likeness (QED) is 0.687. The molecule has 0 N–H and O–H groups in total. The molecule has 1 aromatic carbocycles. The van der Waals surface area contributed by atoms with Crippen LogP contribution < -0.4 is 0 Å². The first-order valence-corrected chi connectivity index (χ1v) is 5.22. The molecule has 0 aliphatic carbocycles. The molecule has 0 heterocycles. The molecule has 15 heavy (non-hydrogen) atoms. The third-order valence-electron chi connectivity index (χ3n) is 2.61. The number of nitrogens with zero attached hydrogens (tertiary/aromatic N) is 1. The van der Waals surface area contributed by atoms with Crippen molar-refractivity contribution in [2.24, 2.45) is 5.92 Å². The summed E-state index contributed by atoms with van der Waals surface area (Å²) in [7, 11) is 0. The summed E-state index contributed by atoms with van der Waals surface area (Å²) in [6.45, 7) is 2.10. The Morgan fingerprint density at radius 1 is 1.40 bits per heavy atom. The molecular formula is C13H15NO. The Morgan fingerprint density at radius 3 is 2.53 bits per heavy atom. The van der Waals surface area contributed by atoms with Crippen LogP contribution >= 0.6 is 0 Å². The molecule has 2 heteroatoms. The van der Waals surface area contributed by atoms with Crippen molar-refractivity contribution < 1.29 is 4.79 Å². The molecule has 0 radical (unpaired) electrons. The fraction of sp³-hybridized carbons (Fsp3) is 0.385. The minimum absolute atomic E-state index is 0.426. The van der Waals surface area contributed by atoms with Crippen LogP contribution in [-0.2, 0) is 11.2 Å². The molecule has 0 aliphatic rings. The minimum Gasteiger partial charge on any atom is -0.303 e. The van der Waals surface area contributed by atoms with Crippen molar-refractivity contribution in [3.63, 3.8) is 0 Å². The highest BCUT2D eigenvalue weighted by molar-refractivity contribution is 5.49. The van der Waals surface area contributed by atoms with Gasteiger partial charge in [0.1, 0.15) is 6.29 Å². The zero-order chi connectivity index (χ0) is 11.1. The summed E-state index contributed by atoms with van der Waals surface area (Å²) in [4.78, 5) is 10.4. The molecule has 78 valence electrons. The number of aldehydes is 1. The Morgan fingerprint density at radius 2 is 2.07 bits per heavy atom. The lowest BCUT2D eigenvalue weighted by Gasteiger charge is -2.10. The third-order valence-corrected chi connectivity index (χ3v) is 2.61. The summed E-state index contributed by atoms with van der Waals surface area (Å²) < 4.78 is 0. The fourth-order valence-electron chi connectivity index (χ4n) is 1.58. The first-order chi connectivity index (χ1) is 7.30. The number of hydrogen-bond acceptors (Lipinski definition) is 2. The Hall–Kier alpha value is -1.62. The number of carbonyl (C=O) groups excluding carboxylic acids is 1. The van der Waals surface area contributed by atoms with Crippen molar-refractivity contribution in [1.29, 1.82) is 5.26 Å². The van der Waals surface area contributed by atoms with E-state index in [1.165, 1.54) is 5.56 Å². The summed E-state index contributed by atoms with van der Waals surface area (Å²) in [6, 6.07) is 9.66. The smallest absolute Gasteiger partial charge is 0.120 e. The summed E-state index contributed by atoms with van der Waals surface area (Å²) in [5.74, 6) is 0.426. The monoisotopic (exact) mass is 201 g/mol. The number of benzene rings is 1. The van der Waals surface area contributed by atoms with E-state index in [-0.39, 0.29) is 0 Å². The van der Waals surface area contributed by atoms with E-state index in [2.05, 4.69) is 13.0 Å². The van der Waals surface area contributed by atoms with Crippen LogP contribution in [0.2, 0.25) is 0 Å². The first kappa shape index (κ1) is 11.5. The molecule has 1 aromatic rings. The van der Waals surface area contributed by atoms with E-state index < -0.39 is 0 Å². The normalized spacial score (nSPS) is 11.7. The molecule has 0 fully saturated rings. The lowest BCUT2D eigenvalue weighted by molar-refractivity contribution is -0.108. The van der Waals surface area contributed by atoms with Crippen LogP contribution in [-0.4, -0.2) is 6.29 Å². The first-order valence-electron chi connectivity index (χ1n) is 5.22. The molecule has 1 unspecified atom stereocenters. The van der Waals surface area contributed by atoms with Crippen LogP contribution in [0.15, 0.2) is 24.3 Å². The second-order valence-corrected chi connectivity index (χ2v) is 3.69. The fourth-order valence-corrected chi connectivity index (χ4v) is 1.58. The topological polar surface area (TPSA) is 40.9 Å². The van der Waals surface area contributed by atoms with Crippen molar-refractivity contribution in [3.05, 3.63) is 35.4 Å². The maximum atomic E-state index is 10.4. The van der Waals surface area contributed by atoms with Gasteiger partial charge in [0.05, 0.1) is 11.6 Å². The largest absolute Gasteiger partial charge is 0.303 e. The molecular weight excluding hydrogens is 186 g/mol. The van der Waals surface area contributed by atoms with Crippen LogP contribution in [0.25, 0.3) is 0 Å². The standard InChI is InChI=1S/C13H15NO/c1-2-11(7-8-15)9-12-3-5-13(10-14)6-4-12/h3-6,8,11H,2,7,9H2,1H3. The van der Waals surface area contributed by atoms with E-state index in [4.69, 9.17) is 5.26 Å². The van der Waals surface area contributed by atoms with Gasteiger partial charge >= 0.3 is 0 Å². The predicted molar refractivity (Wildman–Crippen MR) is 59.3 cm³/mol. The van der Waals surface area contributed by atoms with Crippen LogP contribution in [0, 0.1) is 17.2 Å². The van der Waals surface area contributed by atoms with E-state index >= 15 is 0 Å². The van der Waals surface area contributed by atoms with Crippen LogP contribution in [0.1, 0.15) is 30.9 Å². The van der Waals surface area contributed by atoms with Crippen molar-refractivity contribution in [2.75, 3.05) is 0 Å². The van der Waals surface area contributed by atoms with Crippen molar-refractivity contribution in [1.82, 2.24) is 0 Å². The molecule has 0 amide bonds. The third kappa shape index (κ3) is 3.55. The molecule has 0 saturated carbocycles. The van der Waals surface area contributed by atoms with Gasteiger partial charge in [-0.1, -0.05) is 25.5 Å². The molecule has 0 saturated heterocycles. The van der Waals surface area contributed by atoms with Crippen LogP contribution in [0.4, 0.5) is 0 Å². The predicted octanol–water partition coefficient (Wildman–Crippen LogP) is 2.72. The molecule has 0 spiro atoms. The second kappa shape index (κ2) is 5.98. The molecule has 0 aliphatic heterocycles. The molecule has 2 nitrogen and oxygen atoms in total. The highest BCUT2D eigenvalue weighted by Crippen LogP contribution is 2.15. The SMILES string of the molecule is CCC(CC=O)Cc1ccc(C#N)cc1. The highest BCUT2D eigenvalue weighted by Gasteiger charge is 2.06. The lowest BCUT2D eigenvalue weighted by atomic mass is 9.94. The number of rotatable bonds is 5. The Bertz CT molecular complexity index is 348. The van der Waals surface area contributed by atoms with Gasteiger partial charge in [-0.15, -0.1) is 0 Å². The van der Waals surface area contributed by atoms with Crippen LogP contribution in [0.5, 0.6) is 0 Å². The lowest BCUT2D eigenvalue weighted by Crippen LogP contribution is -2.03. The van der Waals surface area contributed by atoms with Gasteiger partial charge in [0.2, 0.25) is 0 Å². The van der Waals surface area contributed by atoms with Crippen molar-refractivity contribution in [2.45, 2.75) is 26.2 Å². The van der Waals surface area contributed by atoms with E-state index in [0.29, 0.717) is 17.9 Å². The Balaban J connectivity index is 2.63. The maximum absolute atomic E-state index is 10.4. The van der Waals surface area contributed by atoms with Crippen molar-refractivity contribution >= 4 is 6.29 Å². The van der Waals surface area contributed by atoms with E-state index in [0.717, 1.165) is 19.1 Å².